The van der Waals surface area contributed by atoms with E-state index in [-0.39, 0.29) is 0 Å². The van der Waals surface area contributed by atoms with Gasteiger partial charge in [-0.05, 0) is 37.0 Å². The van der Waals surface area contributed by atoms with Gasteiger partial charge in [-0.3, -0.25) is 0 Å². The Morgan fingerprint density at radius 3 is 1.89 bits per heavy atom. The Kier molecular flexibility index (Phi) is 7.39. The first kappa shape index (κ1) is 15.9. The number of benzene rings is 1. The average molecular weight is 264 g/mol. The zero-order valence-electron chi connectivity index (χ0n) is 12.9. The van der Waals surface area contributed by atoms with Crippen molar-refractivity contribution >= 4 is 0 Å². The molecule has 0 unspecified atom stereocenters. The van der Waals surface area contributed by atoms with Crippen molar-refractivity contribution in [2.75, 3.05) is 14.2 Å². The van der Waals surface area contributed by atoms with Crippen LogP contribution < -0.4 is 9.47 Å². The fraction of sp³-hybridized carbons (Fsp3) is 0.647. The molecule has 108 valence electrons. The summed E-state index contributed by atoms with van der Waals surface area (Å²) in [6.45, 7) is 4.43. The minimum Gasteiger partial charge on any atom is -0.496 e. The normalized spacial score (nSPS) is 10.5. The summed E-state index contributed by atoms with van der Waals surface area (Å²) in [6, 6.07) is 4.34. The zero-order chi connectivity index (χ0) is 14.1. The van der Waals surface area contributed by atoms with E-state index in [1.165, 1.54) is 36.8 Å². The highest BCUT2D eigenvalue weighted by Crippen LogP contribution is 2.32. The third kappa shape index (κ3) is 4.77. The van der Waals surface area contributed by atoms with Gasteiger partial charge in [0.25, 0.3) is 0 Å². The van der Waals surface area contributed by atoms with Crippen molar-refractivity contribution in [1.29, 1.82) is 0 Å². The van der Waals surface area contributed by atoms with E-state index in [0.717, 1.165) is 30.8 Å². The van der Waals surface area contributed by atoms with Gasteiger partial charge in [0.2, 0.25) is 0 Å². The van der Waals surface area contributed by atoms with E-state index in [1.807, 2.05) is 0 Å². The number of unbranched alkanes of at least 4 members (excludes halogenated alkanes) is 3. The van der Waals surface area contributed by atoms with Crippen molar-refractivity contribution in [3.05, 3.63) is 23.3 Å². The first-order chi connectivity index (χ1) is 9.26. The molecule has 1 rings (SSSR count). The molecule has 1 aromatic rings. The maximum atomic E-state index is 5.55. The van der Waals surface area contributed by atoms with Crippen LogP contribution in [0.4, 0.5) is 0 Å². The predicted octanol–water partition coefficient (Wildman–Crippen LogP) is 4.78. The van der Waals surface area contributed by atoms with Gasteiger partial charge < -0.3 is 9.47 Å². The topological polar surface area (TPSA) is 18.5 Å². The lowest BCUT2D eigenvalue weighted by atomic mass is 10.0. The Hall–Kier alpha value is -1.18. The largest absolute Gasteiger partial charge is 0.496 e. The van der Waals surface area contributed by atoms with Crippen LogP contribution in [0.3, 0.4) is 0 Å². The number of methoxy groups -OCH3 is 2. The van der Waals surface area contributed by atoms with Crippen LogP contribution in [-0.4, -0.2) is 14.2 Å². The summed E-state index contributed by atoms with van der Waals surface area (Å²) in [5, 5.41) is 0. The summed E-state index contributed by atoms with van der Waals surface area (Å²) >= 11 is 0. The minimum atomic E-state index is 0.985. The monoisotopic (exact) mass is 264 g/mol. The van der Waals surface area contributed by atoms with Crippen molar-refractivity contribution in [3.8, 4) is 11.5 Å². The number of hydrogen-bond donors (Lipinski definition) is 0. The standard InChI is InChI=1S/C17H28O2/c1-5-7-8-9-11-15-16(18-3)12-14(10-6-2)13-17(15)19-4/h12-13H,5-11H2,1-4H3. The first-order valence-electron chi connectivity index (χ1n) is 7.50. The van der Waals surface area contributed by atoms with Gasteiger partial charge in [-0.15, -0.1) is 0 Å². The molecule has 0 amide bonds. The van der Waals surface area contributed by atoms with Crippen molar-refractivity contribution in [2.45, 2.75) is 58.8 Å². The lowest BCUT2D eigenvalue weighted by Gasteiger charge is -2.15. The molecule has 0 radical (unpaired) electrons. The molecule has 0 aliphatic heterocycles. The molecule has 0 atom stereocenters. The van der Waals surface area contributed by atoms with Gasteiger partial charge >= 0.3 is 0 Å². The Bertz CT molecular complexity index is 347. The van der Waals surface area contributed by atoms with Gasteiger partial charge in [0.15, 0.2) is 0 Å². The second-order valence-electron chi connectivity index (χ2n) is 5.04. The van der Waals surface area contributed by atoms with E-state index in [0.29, 0.717) is 0 Å². The van der Waals surface area contributed by atoms with E-state index in [1.54, 1.807) is 14.2 Å². The maximum absolute atomic E-state index is 5.55. The third-order valence-electron chi connectivity index (χ3n) is 3.49. The molecule has 0 N–H and O–H groups in total. The fourth-order valence-corrected chi connectivity index (χ4v) is 2.45. The Morgan fingerprint density at radius 1 is 0.789 bits per heavy atom. The van der Waals surface area contributed by atoms with Gasteiger partial charge in [0.1, 0.15) is 11.5 Å². The Labute approximate surface area is 118 Å². The molecular weight excluding hydrogens is 236 g/mol. The van der Waals surface area contributed by atoms with Crippen LogP contribution in [0.15, 0.2) is 12.1 Å². The molecule has 0 heterocycles. The summed E-state index contributed by atoms with van der Waals surface area (Å²) in [5.41, 5.74) is 2.52. The maximum Gasteiger partial charge on any atom is 0.126 e. The van der Waals surface area contributed by atoms with Crippen LogP contribution in [0.2, 0.25) is 0 Å². The van der Waals surface area contributed by atoms with Crippen molar-refractivity contribution in [3.63, 3.8) is 0 Å². The summed E-state index contributed by atoms with van der Waals surface area (Å²) in [4.78, 5) is 0. The van der Waals surface area contributed by atoms with E-state index in [9.17, 15) is 0 Å². The van der Waals surface area contributed by atoms with Gasteiger partial charge in [-0.25, -0.2) is 0 Å². The summed E-state index contributed by atoms with van der Waals surface area (Å²) in [5.74, 6) is 1.97. The van der Waals surface area contributed by atoms with Gasteiger partial charge in [0.05, 0.1) is 14.2 Å². The SMILES string of the molecule is CCCCCCc1c(OC)cc(CCC)cc1OC. The van der Waals surface area contributed by atoms with Crippen LogP contribution >= 0.6 is 0 Å². The lowest BCUT2D eigenvalue weighted by molar-refractivity contribution is 0.383. The van der Waals surface area contributed by atoms with Crippen LogP contribution in [-0.2, 0) is 12.8 Å². The summed E-state index contributed by atoms with van der Waals surface area (Å²) < 4.78 is 11.1. The third-order valence-corrected chi connectivity index (χ3v) is 3.49. The molecule has 0 aliphatic rings. The second-order valence-corrected chi connectivity index (χ2v) is 5.04. The van der Waals surface area contributed by atoms with Crippen LogP contribution in [0.25, 0.3) is 0 Å². The molecular formula is C17H28O2. The fourth-order valence-electron chi connectivity index (χ4n) is 2.45. The zero-order valence-corrected chi connectivity index (χ0v) is 12.9. The van der Waals surface area contributed by atoms with Crippen LogP contribution in [0, 0.1) is 0 Å². The molecule has 19 heavy (non-hydrogen) atoms. The molecule has 0 aromatic heterocycles. The van der Waals surface area contributed by atoms with E-state index in [2.05, 4.69) is 26.0 Å². The van der Waals surface area contributed by atoms with E-state index in [4.69, 9.17) is 9.47 Å². The summed E-state index contributed by atoms with van der Waals surface area (Å²) in [7, 11) is 3.50. The van der Waals surface area contributed by atoms with Crippen molar-refractivity contribution < 1.29 is 9.47 Å². The molecule has 1 aromatic carbocycles. The summed E-state index contributed by atoms with van der Waals surface area (Å²) in [6.07, 6.45) is 8.30. The van der Waals surface area contributed by atoms with Crippen LogP contribution in [0.1, 0.15) is 57.1 Å². The highest BCUT2D eigenvalue weighted by atomic mass is 16.5. The molecule has 0 aliphatic carbocycles. The van der Waals surface area contributed by atoms with Gasteiger partial charge in [-0.2, -0.15) is 0 Å². The second kappa shape index (κ2) is 8.84. The van der Waals surface area contributed by atoms with Gasteiger partial charge in [0, 0.05) is 5.56 Å². The molecule has 2 nitrogen and oxygen atoms in total. The number of ether oxygens (including phenoxy) is 2. The molecule has 0 saturated heterocycles. The van der Waals surface area contributed by atoms with E-state index < -0.39 is 0 Å². The van der Waals surface area contributed by atoms with E-state index >= 15 is 0 Å². The highest BCUT2D eigenvalue weighted by Gasteiger charge is 2.12. The number of hydrogen-bond acceptors (Lipinski definition) is 2. The molecule has 0 spiro atoms. The lowest BCUT2D eigenvalue weighted by Crippen LogP contribution is -1.99. The molecule has 0 fully saturated rings. The molecule has 0 saturated carbocycles. The molecule has 0 bridgehead atoms. The van der Waals surface area contributed by atoms with Crippen LogP contribution in [0.5, 0.6) is 11.5 Å². The quantitative estimate of drug-likeness (QED) is 0.598. The minimum absolute atomic E-state index is 0.985. The number of aryl methyl sites for hydroxylation is 1. The Morgan fingerprint density at radius 2 is 1.42 bits per heavy atom. The highest BCUT2D eigenvalue weighted by molar-refractivity contribution is 5.48. The Balaban J connectivity index is 2.86. The predicted molar refractivity (Wildman–Crippen MR) is 81.4 cm³/mol. The van der Waals surface area contributed by atoms with Crippen molar-refractivity contribution in [1.82, 2.24) is 0 Å². The number of rotatable bonds is 9. The first-order valence-corrected chi connectivity index (χ1v) is 7.50. The average Bonchev–Trinajstić information content (AvgIpc) is 2.44. The van der Waals surface area contributed by atoms with Gasteiger partial charge in [-0.1, -0.05) is 39.5 Å². The molecule has 2 heteroatoms. The smallest absolute Gasteiger partial charge is 0.126 e. The van der Waals surface area contributed by atoms with Crippen molar-refractivity contribution in [2.24, 2.45) is 0 Å².